The monoisotopic (exact) mass is 273 g/mol. The fraction of sp³-hybridized carbons (Fsp3) is 0.400. The molecule has 0 aliphatic carbocycles. The van der Waals surface area contributed by atoms with E-state index in [4.69, 9.17) is 5.73 Å². The van der Waals surface area contributed by atoms with Crippen molar-refractivity contribution in [1.82, 2.24) is 4.98 Å². The molecule has 1 aliphatic heterocycles. The van der Waals surface area contributed by atoms with Gasteiger partial charge in [0.05, 0.1) is 5.52 Å². The summed E-state index contributed by atoms with van der Waals surface area (Å²) in [5, 5.41) is 1.95. The van der Waals surface area contributed by atoms with Gasteiger partial charge in [0.2, 0.25) is 0 Å². The Morgan fingerprint density at radius 3 is 3.16 bits per heavy atom. The quantitative estimate of drug-likeness (QED) is 0.854. The Bertz CT molecular complexity index is 585. The fourth-order valence-electron chi connectivity index (χ4n) is 2.61. The van der Waals surface area contributed by atoms with E-state index in [9.17, 15) is 0 Å². The van der Waals surface area contributed by atoms with Crippen LogP contribution in [0.1, 0.15) is 13.3 Å². The van der Waals surface area contributed by atoms with Crippen LogP contribution in [0.5, 0.6) is 0 Å². The van der Waals surface area contributed by atoms with Crippen molar-refractivity contribution < 1.29 is 0 Å². The Labute approximate surface area is 118 Å². The van der Waals surface area contributed by atoms with Crippen molar-refractivity contribution in [3.63, 3.8) is 0 Å². The van der Waals surface area contributed by atoms with E-state index < -0.39 is 0 Å². The van der Waals surface area contributed by atoms with Crippen molar-refractivity contribution in [2.75, 3.05) is 29.5 Å². The largest absolute Gasteiger partial charge is 0.399 e. The van der Waals surface area contributed by atoms with Crippen LogP contribution in [-0.4, -0.2) is 29.1 Å². The SMILES string of the molecule is CCC1CN(c2ccnc3cc(N)ccc23)CCS1. The number of aromatic nitrogens is 1. The van der Waals surface area contributed by atoms with Gasteiger partial charge in [-0.15, -0.1) is 0 Å². The topological polar surface area (TPSA) is 42.2 Å². The molecule has 0 saturated carbocycles. The van der Waals surface area contributed by atoms with Gasteiger partial charge < -0.3 is 10.6 Å². The number of nitrogens with zero attached hydrogens (tertiary/aromatic N) is 2. The summed E-state index contributed by atoms with van der Waals surface area (Å²) in [7, 11) is 0. The molecule has 0 bridgehead atoms. The summed E-state index contributed by atoms with van der Waals surface area (Å²) in [6.45, 7) is 4.52. The zero-order valence-electron chi connectivity index (χ0n) is 11.2. The van der Waals surface area contributed by atoms with Crippen LogP contribution in [0, 0.1) is 0 Å². The summed E-state index contributed by atoms with van der Waals surface area (Å²) in [5.74, 6) is 1.21. The average molecular weight is 273 g/mol. The second-order valence-electron chi connectivity index (χ2n) is 4.95. The van der Waals surface area contributed by atoms with Crippen LogP contribution in [0.3, 0.4) is 0 Å². The predicted molar refractivity (Wildman–Crippen MR) is 84.9 cm³/mol. The minimum atomic E-state index is 0.741. The number of benzene rings is 1. The van der Waals surface area contributed by atoms with Crippen molar-refractivity contribution in [3.8, 4) is 0 Å². The van der Waals surface area contributed by atoms with Gasteiger partial charge in [-0.25, -0.2) is 0 Å². The van der Waals surface area contributed by atoms with Crippen LogP contribution in [-0.2, 0) is 0 Å². The van der Waals surface area contributed by atoms with Crippen LogP contribution in [0.25, 0.3) is 10.9 Å². The summed E-state index contributed by atoms with van der Waals surface area (Å²) in [4.78, 5) is 6.92. The van der Waals surface area contributed by atoms with E-state index in [-0.39, 0.29) is 0 Å². The normalized spacial score (nSPS) is 19.8. The molecule has 3 nitrogen and oxygen atoms in total. The molecule has 2 aromatic rings. The van der Waals surface area contributed by atoms with Gasteiger partial charge in [0.25, 0.3) is 0 Å². The summed E-state index contributed by atoms with van der Waals surface area (Å²) >= 11 is 2.09. The second kappa shape index (κ2) is 5.29. The smallest absolute Gasteiger partial charge is 0.0743 e. The van der Waals surface area contributed by atoms with Crippen LogP contribution in [0.2, 0.25) is 0 Å². The van der Waals surface area contributed by atoms with Gasteiger partial charge in [-0.2, -0.15) is 11.8 Å². The number of anilines is 2. The van der Waals surface area contributed by atoms with E-state index in [1.54, 1.807) is 0 Å². The zero-order chi connectivity index (χ0) is 13.2. The Hall–Kier alpha value is -1.42. The molecule has 0 amide bonds. The van der Waals surface area contributed by atoms with Crippen molar-refractivity contribution in [2.45, 2.75) is 18.6 Å². The Morgan fingerprint density at radius 2 is 2.32 bits per heavy atom. The molecule has 1 fully saturated rings. The van der Waals surface area contributed by atoms with Gasteiger partial charge in [0.15, 0.2) is 0 Å². The third kappa shape index (κ3) is 2.50. The lowest BCUT2D eigenvalue weighted by Crippen LogP contribution is -2.37. The molecule has 2 N–H and O–H groups in total. The van der Waals surface area contributed by atoms with Crippen molar-refractivity contribution in [2.24, 2.45) is 0 Å². The predicted octanol–water partition coefficient (Wildman–Crippen LogP) is 3.15. The lowest BCUT2D eigenvalue weighted by atomic mass is 10.1. The standard InChI is InChI=1S/C15H19N3S/c1-2-12-10-18(7-8-19-12)15-5-6-17-14-9-11(16)3-4-13(14)15/h3-6,9,12H,2,7-8,10,16H2,1H3. The maximum Gasteiger partial charge on any atom is 0.0743 e. The number of nitrogen functional groups attached to an aromatic ring is 1. The first-order valence-corrected chi connectivity index (χ1v) is 7.83. The molecule has 0 spiro atoms. The summed E-state index contributed by atoms with van der Waals surface area (Å²) in [6.07, 6.45) is 3.12. The summed E-state index contributed by atoms with van der Waals surface area (Å²) in [6, 6.07) is 8.13. The molecule has 1 aromatic heterocycles. The molecular weight excluding hydrogens is 254 g/mol. The molecule has 19 heavy (non-hydrogen) atoms. The minimum absolute atomic E-state index is 0.741. The van der Waals surface area contributed by atoms with Crippen LogP contribution >= 0.6 is 11.8 Å². The fourth-order valence-corrected chi connectivity index (χ4v) is 3.79. The zero-order valence-corrected chi connectivity index (χ0v) is 12.0. The van der Waals surface area contributed by atoms with Crippen LogP contribution < -0.4 is 10.6 Å². The second-order valence-corrected chi connectivity index (χ2v) is 6.36. The molecule has 1 aliphatic rings. The van der Waals surface area contributed by atoms with Gasteiger partial charge >= 0.3 is 0 Å². The van der Waals surface area contributed by atoms with Gasteiger partial charge in [0, 0.05) is 47.1 Å². The van der Waals surface area contributed by atoms with E-state index in [2.05, 4.69) is 40.7 Å². The lowest BCUT2D eigenvalue weighted by Gasteiger charge is -2.34. The van der Waals surface area contributed by atoms with E-state index in [1.165, 1.54) is 23.2 Å². The van der Waals surface area contributed by atoms with E-state index in [0.29, 0.717) is 0 Å². The molecule has 0 radical (unpaired) electrons. The van der Waals surface area contributed by atoms with Crippen LogP contribution in [0.15, 0.2) is 30.5 Å². The number of rotatable bonds is 2. The molecule has 1 saturated heterocycles. The Morgan fingerprint density at radius 1 is 1.42 bits per heavy atom. The molecule has 100 valence electrons. The number of thioether (sulfide) groups is 1. The maximum absolute atomic E-state index is 5.84. The van der Waals surface area contributed by atoms with Gasteiger partial charge in [-0.05, 0) is 30.7 Å². The van der Waals surface area contributed by atoms with Crippen molar-refractivity contribution in [3.05, 3.63) is 30.5 Å². The third-order valence-corrected chi connectivity index (χ3v) is 5.05. The van der Waals surface area contributed by atoms with Crippen LogP contribution in [0.4, 0.5) is 11.4 Å². The third-order valence-electron chi connectivity index (χ3n) is 3.68. The maximum atomic E-state index is 5.84. The van der Waals surface area contributed by atoms with E-state index in [0.717, 1.165) is 29.5 Å². The Kier molecular flexibility index (Phi) is 3.51. The number of hydrogen-bond donors (Lipinski definition) is 1. The Balaban J connectivity index is 2.00. The molecule has 1 unspecified atom stereocenters. The average Bonchev–Trinajstić information content (AvgIpc) is 2.46. The number of fused-ring (bicyclic) bond motifs is 1. The van der Waals surface area contributed by atoms with E-state index in [1.807, 2.05) is 18.3 Å². The highest BCUT2D eigenvalue weighted by Crippen LogP contribution is 2.31. The highest BCUT2D eigenvalue weighted by molar-refractivity contribution is 8.00. The minimum Gasteiger partial charge on any atom is -0.399 e. The molecule has 1 atom stereocenters. The molecule has 4 heteroatoms. The number of nitrogens with two attached hydrogens (primary N) is 1. The molecule has 1 aromatic carbocycles. The van der Waals surface area contributed by atoms with Gasteiger partial charge in [-0.1, -0.05) is 6.92 Å². The highest BCUT2D eigenvalue weighted by atomic mass is 32.2. The van der Waals surface area contributed by atoms with Crippen molar-refractivity contribution in [1.29, 1.82) is 0 Å². The molecule has 2 heterocycles. The molecular formula is C15H19N3S. The van der Waals surface area contributed by atoms with E-state index >= 15 is 0 Å². The van der Waals surface area contributed by atoms with Gasteiger partial charge in [-0.3, -0.25) is 4.98 Å². The van der Waals surface area contributed by atoms with Gasteiger partial charge in [0.1, 0.15) is 0 Å². The number of hydrogen-bond acceptors (Lipinski definition) is 4. The first-order valence-electron chi connectivity index (χ1n) is 6.78. The first-order chi connectivity index (χ1) is 9.28. The summed E-state index contributed by atoms with van der Waals surface area (Å²) < 4.78 is 0. The molecule has 3 rings (SSSR count). The number of pyridine rings is 1. The first kappa shape index (κ1) is 12.6. The lowest BCUT2D eigenvalue weighted by molar-refractivity contribution is 0.730. The summed E-state index contributed by atoms with van der Waals surface area (Å²) in [5.41, 5.74) is 8.90. The van der Waals surface area contributed by atoms with Crippen molar-refractivity contribution >= 4 is 34.0 Å². The highest BCUT2D eigenvalue weighted by Gasteiger charge is 2.20.